The monoisotopic (exact) mass is 405 g/mol. The zero-order valence-corrected chi connectivity index (χ0v) is 17.2. The minimum Gasteiger partial charge on any atom is -0.460 e. The van der Waals surface area contributed by atoms with Crippen LogP contribution >= 0.6 is 0 Å². The van der Waals surface area contributed by atoms with Crippen molar-refractivity contribution in [2.75, 3.05) is 0 Å². The van der Waals surface area contributed by atoms with Crippen LogP contribution in [0, 0.1) is 0 Å². The van der Waals surface area contributed by atoms with Crippen LogP contribution in [0.25, 0.3) is 0 Å². The van der Waals surface area contributed by atoms with E-state index in [-0.39, 0.29) is 12.0 Å². The molecule has 1 heterocycles. The molecular formula is C19H26F3NO3S. The van der Waals surface area contributed by atoms with E-state index in [1.54, 1.807) is 53.7 Å². The number of carbonyl (C=O) groups is 1. The summed E-state index contributed by atoms with van der Waals surface area (Å²) in [4.78, 5) is 12.4. The lowest BCUT2D eigenvalue weighted by Crippen LogP contribution is -2.43. The number of fused-ring (bicyclic) bond motifs is 1. The summed E-state index contributed by atoms with van der Waals surface area (Å²) in [6, 6.07) is 3.09. The van der Waals surface area contributed by atoms with Crippen LogP contribution in [-0.2, 0) is 20.5 Å². The van der Waals surface area contributed by atoms with Gasteiger partial charge in [-0.05, 0) is 52.7 Å². The van der Waals surface area contributed by atoms with Crippen LogP contribution in [-0.4, -0.2) is 31.0 Å². The van der Waals surface area contributed by atoms with Crippen molar-refractivity contribution in [2.45, 2.75) is 76.6 Å². The van der Waals surface area contributed by atoms with E-state index in [1.807, 2.05) is 0 Å². The van der Waals surface area contributed by atoms with E-state index in [4.69, 9.17) is 4.74 Å². The van der Waals surface area contributed by atoms with Crippen LogP contribution in [0.4, 0.5) is 13.2 Å². The lowest BCUT2D eigenvalue weighted by molar-refractivity contribution is -0.175. The van der Waals surface area contributed by atoms with Gasteiger partial charge in [0.1, 0.15) is 22.6 Å². The number of hydrogen-bond donors (Lipinski definition) is 0. The predicted octanol–water partition coefficient (Wildman–Crippen LogP) is 4.84. The van der Waals surface area contributed by atoms with Gasteiger partial charge in [0.05, 0.1) is 17.2 Å². The fraction of sp³-hybridized carbons (Fsp3) is 0.632. The molecule has 0 fully saturated rings. The largest absolute Gasteiger partial charge is 0.460 e. The predicted molar refractivity (Wildman–Crippen MR) is 98.2 cm³/mol. The average Bonchev–Trinajstić information content (AvgIpc) is 2.78. The highest BCUT2D eigenvalue weighted by Crippen LogP contribution is 2.52. The number of rotatable bonds is 3. The summed E-state index contributed by atoms with van der Waals surface area (Å²) in [5.41, 5.74) is -0.355. The van der Waals surface area contributed by atoms with E-state index in [2.05, 4.69) is 0 Å². The summed E-state index contributed by atoms with van der Waals surface area (Å²) in [5.74, 6) is -0.624. The fourth-order valence-electron chi connectivity index (χ4n) is 3.11. The molecule has 1 aliphatic heterocycles. The van der Waals surface area contributed by atoms with Crippen LogP contribution in [0.1, 0.15) is 71.2 Å². The van der Waals surface area contributed by atoms with Gasteiger partial charge in [0.15, 0.2) is 0 Å². The van der Waals surface area contributed by atoms with Gasteiger partial charge in [-0.2, -0.15) is 17.5 Å². The third-order valence-corrected chi connectivity index (χ3v) is 5.91. The van der Waals surface area contributed by atoms with Crippen molar-refractivity contribution in [3.8, 4) is 0 Å². The second-order valence-electron chi connectivity index (χ2n) is 8.60. The third-order valence-electron chi connectivity index (χ3n) is 4.02. The van der Waals surface area contributed by atoms with Crippen molar-refractivity contribution in [3.05, 3.63) is 35.4 Å². The Morgan fingerprint density at radius 2 is 1.59 bits per heavy atom. The molecule has 1 unspecified atom stereocenters. The van der Waals surface area contributed by atoms with E-state index >= 15 is 0 Å². The lowest BCUT2D eigenvalue weighted by Gasteiger charge is -2.35. The number of ether oxygens (including phenoxy) is 1. The van der Waals surface area contributed by atoms with Gasteiger partial charge in [-0.15, -0.1) is 0 Å². The van der Waals surface area contributed by atoms with Crippen LogP contribution in [0.3, 0.4) is 0 Å². The fourth-order valence-corrected chi connectivity index (χ4v) is 4.58. The first-order chi connectivity index (χ1) is 12.1. The first-order valence-corrected chi connectivity index (χ1v) is 9.81. The maximum Gasteiger partial charge on any atom is 0.409 e. The number of hydrogen-bond acceptors (Lipinski definition) is 3. The minimum atomic E-state index is -4.63. The van der Waals surface area contributed by atoms with Crippen LogP contribution in [0.15, 0.2) is 24.3 Å². The van der Waals surface area contributed by atoms with E-state index in [9.17, 15) is 22.2 Å². The Balaban J connectivity index is 2.53. The SMILES string of the molecule is CC(C)(C)OC(=O)C[C@H]1c2ccccc2[C@@H](C(F)(F)F)N1S(=O)C(C)(C)C. The second-order valence-corrected chi connectivity index (χ2v) is 10.7. The normalized spacial score (nSPS) is 22.4. The Labute approximate surface area is 160 Å². The summed E-state index contributed by atoms with van der Waals surface area (Å²) in [6.45, 7) is 9.92. The average molecular weight is 405 g/mol. The third kappa shape index (κ3) is 4.90. The number of halogens is 3. The summed E-state index contributed by atoms with van der Waals surface area (Å²) >= 11 is 0. The zero-order chi connectivity index (χ0) is 20.8. The van der Waals surface area contributed by atoms with Crippen molar-refractivity contribution in [3.63, 3.8) is 0 Å². The van der Waals surface area contributed by atoms with Gasteiger partial charge in [0.25, 0.3) is 0 Å². The molecule has 0 aliphatic carbocycles. The molecule has 8 heteroatoms. The van der Waals surface area contributed by atoms with Gasteiger partial charge in [-0.1, -0.05) is 24.3 Å². The second kappa shape index (κ2) is 7.20. The van der Waals surface area contributed by atoms with Crippen molar-refractivity contribution >= 4 is 17.0 Å². The molecule has 1 aliphatic rings. The molecule has 0 N–H and O–H groups in total. The highest BCUT2D eigenvalue weighted by atomic mass is 32.2. The molecule has 2 rings (SSSR count). The highest BCUT2D eigenvalue weighted by Gasteiger charge is 2.56. The van der Waals surface area contributed by atoms with Gasteiger partial charge >= 0.3 is 12.1 Å². The van der Waals surface area contributed by atoms with E-state index < -0.39 is 45.6 Å². The highest BCUT2D eigenvalue weighted by molar-refractivity contribution is 7.84. The molecule has 4 nitrogen and oxygen atoms in total. The Kier molecular flexibility index (Phi) is 5.84. The van der Waals surface area contributed by atoms with Crippen molar-refractivity contribution < 1.29 is 26.9 Å². The maximum absolute atomic E-state index is 13.9. The first-order valence-electron chi connectivity index (χ1n) is 8.70. The maximum atomic E-state index is 13.9. The van der Waals surface area contributed by atoms with Crippen molar-refractivity contribution in [1.82, 2.24) is 4.31 Å². The molecule has 27 heavy (non-hydrogen) atoms. The van der Waals surface area contributed by atoms with Gasteiger partial charge in [-0.3, -0.25) is 4.79 Å². The van der Waals surface area contributed by atoms with E-state index in [0.717, 1.165) is 4.31 Å². The van der Waals surface area contributed by atoms with Crippen LogP contribution in [0.2, 0.25) is 0 Å². The molecule has 0 radical (unpaired) electrons. The molecule has 0 spiro atoms. The minimum absolute atomic E-state index is 0.0381. The van der Waals surface area contributed by atoms with Crippen molar-refractivity contribution in [2.24, 2.45) is 0 Å². The Morgan fingerprint density at radius 3 is 2.04 bits per heavy atom. The molecular weight excluding hydrogens is 379 g/mol. The van der Waals surface area contributed by atoms with E-state index in [0.29, 0.717) is 5.56 Å². The summed E-state index contributed by atoms with van der Waals surface area (Å²) < 4.78 is 60.1. The Bertz CT molecular complexity index is 735. The molecule has 0 saturated carbocycles. The molecule has 152 valence electrons. The van der Waals surface area contributed by atoms with Crippen LogP contribution < -0.4 is 0 Å². The Hall–Kier alpha value is -1.41. The Morgan fingerprint density at radius 1 is 1.07 bits per heavy atom. The van der Waals surface area contributed by atoms with Gasteiger partial charge in [0, 0.05) is 0 Å². The number of alkyl halides is 3. The summed E-state index contributed by atoms with van der Waals surface area (Å²) in [5, 5.41) is 0. The standard InChI is InChI=1S/C19H26F3NO3S/c1-17(2,3)26-15(24)11-14-12-9-7-8-10-13(12)16(19(20,21)22)23(14)27(25)18(4,5)6/h7-10,14,16H,11H2,1-6H3/t14-,16-,27?/m0/s1. The van der Waals surface area contributed by atoms with Gasteiger partial charge in [0.2, 0.25) is 0 Å². The molecule has 1 aromatic carbocycles. The molecule has 0 amide bonds. The molecule has 1 aromatic rings. The molecule has 0 bridgehead atoms. The zero-order valence-electron chi connectivity index (χ0n) is 16.4. The number of nitrogens with zero attached hydrogens (tertiary/aromatic N) is 1. The lowest BCUT2D eigenvalue weighted by atomic mass is 10.00. The van der Waals surface area contributed by atoms with Crippen LogP contribution in [0.5, 0.6) is 0 Å². The smallest absolute Gasteiger partial charge is 0.409 e. The molecule has 0 saturated heterocycles. The quantitative estimate of drug-likeness (QED) is 0.676. The summed E-state index contributed by atoms with van der Waals surface area (Å²) in [6.07, 6.45) is -4.93. The van der Waals surface area contributed by atoms with E-state index in [1.165, 1.54) is 12.1 Å². The first kappa shape index (κ1) is 21.9. The topological polar surface area (TPSA) is 46.6 Å². The number of carbonyl (C=O) groups excluding carboxylic acids is 1. The number of benzene rings is 1. The van der Waals surface area contributed by atoms with Gasteiger partial charge < -0.3 is 4.74 Å². The van der Waals surface area contributed by atoms with Crippen molar-refractivity contribution in [1.29, 1.82) is 0 Å². The van der Waals surface area contributed by atoms with Gasteiger partial charge in [-0.25, -0.2) is 4.21 Å². The summed E-state index contributed by atoms with van der Waals surface area (Å²) in [7, 11) is -1.98. The molecule has 3 atom stereocenters. The number of esters is 1. The molecule has 0 aromatic heterocycles.